The van der Waals surface area contributed by atoms with Crippen LogP contribution in [-0.4, -0.2) is 12.7 Å². The molecular formula is C28H30F4O2. The summed E-state index contributed by atoms with van der Waals surface area (Å²) in [5.74, 6) is -3.33. The van der Waals surface area contributed by atoms with E-state index in [0.29, 0.717) is 5.56 Å². The Morgan fingerprint density at radius 1 is 0.706 bits per heavy atom. The highest BCUT2D eigenvalue weighted by Gasteiger charge is 2.35. The standard InChI is InChI=1S/C28H30F4O2/c1-3-5-6-8-21-11-15-23(16-12-21)33-19-28(31,32)34-25-18-17-24(26(29)27(25)30)22-13-9-20(7-4-2)10-14-22/h9-18H,3-8,19H2,1-2H3. The van der Waals surface area contributed by atoms with Crippen LogP contribution in [0.2, 0.25) is 0 Å². The molecule has 0 saturated carbocycles. The highest BCUT2D eigenvalue weighted by Crippen LogP contribution is 2.33. The fourth-order valence-electron chi connectivity index (χ4n) is 3.66. The number of hydrogen-bond acceptors (Lipinski definition) is 2. The molecule has 3 aromatic carbocycles. The smallest absolute Gasteiger partial charge is 0.433 e. The van der Waals surface area contributed by atoms with Gasteiger partial charge in [0.1, 0.15) is 5.75 Å². The quantitative estimate of drug-likeness (QED) is 0.194. The topological polar surface area (TPSA) is 18.5 Å². The summed E-state index contributed by atoms with van der Waals surface area (Å²) in [7, 11) is 0. The van der Waals surface area contributed by atoms with Crippen LogP contribution in [0.3, 0.4) is 0 Å². The summed E-state index contributed by atoms with van der Waals surface area (Å²) in [4.78, 5) is 0. The van der Waals surface area contributed by atoms with Crippen LogP contribution in [0, 0.1) is 11.6 Å². The Bertz CT molecular complexity index is 1050. The molecule has 0 fully saturated rings. The third kappa shape index (κ3) is 6.99. The first-order chi connectivity index (χ1) is 16.3. The highest BCUT2D eigenvalue weighted by atomic mass is 19.3. The lowest BCUT2D eigenvalue weighted by Gasteiger charge is -2.19. The molecule has 0 N–H and O–H groups in total. The number of benzene rings is 3. The van der Waals surface area contributed by atoms with E-state index in [1.54, 1.807) is 24.3 Å². The summed E-state index contributed by atoms with van der Waals surface area (Å²) in [6.07, 6.45) is 2.23. The summed E-state index contributed by atoms with van der Waals surface area (Å²) in [5, 5.41) is 0. The Morgan fingerprint density at radius 3 is 2.00 bits per heavy atom. The Morgan fingerprint density at radius 2 is 1.35 bits per heavy atom. The molecule has 0 aliphatic heterocycles. The van der Waals surface area contributed by atoms with Crippen LogP contribution >= 0.6 is 0 Å². The maximum atomic E-state index is 14.6. The first-order valence-corrected chi connectivity index (χ1v) is 11.7. The van der Waals surface area contributed by atoms with Gasteiger partial charge in [-0.25, -0.2) is 4.39 Å². The molecule has 0 bridgehead atoms. The fourth-order valence-corrected chi connectivity index (χ4v) is 3.66. The summed E-state index contributed by atoms with van der Waals surface area (Å²) < 4.78 is 67.4. The largest absolute Gasteiger partial charge is 0.483 e. The van der Waals surface area contributed by atoms with Crippen molar-refractivity contribution in [3.63, 3.8) is 0 Å². The Kier molecular flexibility index (Phi) is 8.97. The van der Waals surface area contributed by atoms with Crippen molar-refractivity contribution in [2.24, 2.45) is 0 Å². The van der Waals surface area contributed by atoms with Crippen molar-refractivity contribution < 1.29 is 27.0 Å². The molecule has 0 aromatic heterocycles. The van der Waals surface area contributed by atoms with Crippen LogP contribution in [-0.2, 0) is 12.8 Å². The van der Waals surface area contributed by atoms with Crippen molar-refractivity contribution in [2.45, 2.75) is 58.5 Å². The number of ether oxygens (including phenoxy) is 2. The number of hydrogen-bond donors (Lipinski definition) is 0. The summed E-state index contributed by atoms with van der Waals surface area (Å²) in [5.41, 5.74) is 2.61. The van der Waals surface area contributed by atoms with E-state index in [9.17, 15) is 17.6 Å². The zero-order valence-electron chi connectivity index (χ0n) is 19.6. The first kappa shape index (κ1) is 25.6. The van der Waals surface area contributed by atoms with Crippen molar-refractivity contribution in [3.05, 3.63) is 83.4 Å². The van der Waals surface area contributed by atoms with Crippen LogP contribution in [0.1, 0.15) is 50.7 Å². The normalized spacial score (nSPS) is 11.5. The molecule has 0 heterocycles. The summed E-state index contributed by atoms with van der Waals surface area (Å²) in [6.45, 7) is 3.04. The van der Waals surface area contributed by atoms with Crippen LogP contribution in [0.5, 0.6) is 11.5 Å². The average Bonchev–Trinajstić information content (AvgIpc) is 2.83. The fraction of sp³-hybridized carbons (Fsp3) is 0.357. The van der Waals surface area contributed by atoms with Gasteiger partial charge in [-0.15, -0.1) is 0 Å². The van der Waals surface area contributed by atoms with E-state index in [0.717, 1.165) is 55.7 Å². The van der Waals surface area contributed by atoms with Crippen LogP contribution in [0.15, 0.2) is 60.7 Å². The van der Waals surface area contributed by atoms with E-state index in [2.05, 4.69) is 11.7 Å². The molecule has 0 spiro atoms. The Hall–Kier alpha value is -3.02. The van der Waals surface area contributed by atoms with E-state index in [-0.39, 0.29) is 11.3 Å². The second kappa shape index (κ2) is 11.9. The van der Waals surface area contributed by atoms with Crippen molar-refractivity contribution in [1.29, 1.82) is 0 Å². The molecule has 182 valence electrons. The van der Waals surface area contributed by atoms with Crippen LogP contribution in [0.4, 0.5) is 17.6 Å². The van der Waals surface area contributed by atoms with Gasteiger partial charge in [0.2, 0.25) is 5.82 Å². The molecule has 3 rings (SSSR count). The minimum absolute atomic E-state index is 0.0218. The lowest BCUT2D eigenvalue weighted by atomic mass is 10.0. The predicted molar refractivity (Wildman–Crippen MR) is 127 cm³/mol. The van der Waals surface area contributed by atoms with E-state index < -0.39 is 30.1 Å². The van der Waals surface area contributed by atoms with Gasteiger partial charge < -0.3 is 9.47 Å². The second-order valence-corrected chi connectivity index (χ2v) is 8.32. The van der Waals surface area contributed by atoms with Gasteiger partial charge in [0.25, 0.3) is 0 Å². The SMILES string of the molecule is CCCCCc1ccc(OCC(F)(F)Oc2ccc(-c3ccc(CCC)cc3)c(F)c2F)cc1. The van der Waals surface area contributed by atoms with Gasteiger partial charge >= 0.3 is 6.11 Å². The van der Waals surface area contributed by atoms with Gasteiger partial charge in [0, 0.05) is 5.56 Å². The lowest BCUT2D eigenvalue weighted by Crippen LogP contribution is -2.33. The Balaban J connectivity index is 1.63. The number of unbranched alkanes of at least 4 members (excludes halogenated alkanes) is 2. The minimum Gasteiger partial charge on any atom is -0.483 e. The van der Waals surface area contributed by atoms with Crippen LogP contribution < -0.4 is 9.47 Å². The van der Waals surface area contributed by atoms with Crippen molar-refractivity contribution in [3.8, 4) is 22.6 Å². The number of alkyl halides is 2. The summed E-state index contributed by atoms with van der Waals surface area (Å²) in [6, 6.07) is 16.1. The molecule has 0 unspecified atom stereocenters. The lowest BCUT2D eigenvalue weighted by molar-refractivity contribution is -0.196. The van der Waals surface area contributed by atoms with E-state index in [1.165, 1.54) is 6.07 Å². The third-order valence-electron chi connectivity index (χ3n) is 5.51. The van der Waals surface area contributed by atoms with Gasteiger partial charge in [-0.05, 0) is 60.2 Å². The number of halogens is 4. The number of aryl methyl sites for hydroxylation is 2. The number of rotatable bonds is 12. The third-order valence-corrected chi connectivity index (χ3v) is 5.51. The van der Waals surface area contributed by atoms with E-state index in [4.69, 9.17) is 4.74 Å². The molecule has 3 aromatic rings. The first-order valence-electron chi connectivity index (χ1n) is 11.7. The second-order valence-electron chi connectivity index (χ2n) is 8.32. The predicted octanol–water partition coefficient (Wildman–Crippen LogP) is 8.37. The molecule has 34 heavy (non-hydrogen) atoms. The molecule has 0 aliphatic carbocycles. The van der Waals surface area contributed by atoms with Crippen LogP contribution in [0.25, 0.3) is 11.1 Å². The minimum atomic E-state index is -3.85. The molecule has 6 heteroatoms. The molecule has 0 aliphatic rings. The molecule has 2 nitrogen and oxygen atoms in total. The van der Waals surface area contributed by atoms with E-state index >= 15 is 0 Å². The van der Waals surface area contributed by atoms with Crippen molar-refractivity contribution in [2.75, 3.05) is 6.61 Å². The van der Waals surface area contributed by atoms with Crippen molar-refractivity contribution >= 4 is 0 Å². The van der Waals surface area contributed by atoms with Crippen molar-refractivity contribution in [1.82, 2.24) is 0 Å². The van der Waals surface area contributed by atoms with Gasteiger partial charge in [0.15, 0.2) is 18.2 Å². The van der Waals surface area contributed by atoms with Gasteiger partial charge in [-0.3, -0.25) is 0 Å². The molecule has 0 radical (unpaired) electrons. The highest BCUT2D eigenvalue weighted by molar-refractivity contribution is 5.65. The van der Waals surface area contributed by atoms with Gasteiger partial charge in [-0.2, -0.15) is 13.2 Å². The van der Waals surface area contributed by atoms with Gasteiger partial charge in [0.05, 0.1) is 0 Å². The molecule has 0 amide bonds. The van der Waals surface area contributed by atoms with Gasteiger partial charge in [-0.1, -0.05) is 69.5 Å². The zero-order chi connectivity index (χ0) is 24.6. The molecule has 0 atom stereocenters. The summed E-state index contributed by atoms with van der Waals surface area (Å²) >= 11 is 0. The molecule has 0 saturated heterocycles. The average molecular weight is 475 g/mol. The maximum Gasteiger partial charge on any atom is 0.433 e. The zero-order valence-corrected chi connectivity index (χ0v) is 19.6. The molecular weight excluding hydrogens is 444 g/mol. The van der Waals surface area contributed by atoms with E-state index in [1.807, 2.05) is 31.2 Å². The Labute approximate surface area is 198 Å². The monoisotopic (exact) mass is 474 g/mol. The maximum absolute atomic E-state index is 14.6.